The maximum absolute atomic E-state index is 10.1. The topological polar surface area (TPSA) is 80.9 Å². The van der Waals surface area contributed by atoms with Crippen LogP contribution in [0.3, 0.4) is 0 Å². The third-order valence-corrected chi connectivity index (χ3v) is 4.96. The predicted octanol–water partition coefficient (Wildman–Crippen LogP) is 0.578. The molecule has 2 heterocycles. The second-order valence-corrected chi connectivity index (χ2v) is 6.02. The normalized spacial score (nSPS) is 28.7. The van der Waals surface area contributed by atoms with Crippen LogP contribution in [0, 0.1) is 5.41 Å². The van der Waals surface area contributed by atoms with Gasteiger partial charge >= 0.3 is 0 Å². The maximum Gasteiger partial charge on any atom is 0.240 e. The molecular weight excluding hydrogens is 274 g/mol. The summed E-state index contributed by atoms with van der Waals surface area (Å²) in [5, 5.41) is 14.0. The van der Waals surface area contributed by atoms with Crippen molar-refractivity contribution >= 4 is 0 Å². The minimum atomic E-state index is -0.221. The minimum absolute atomic E-state index is 0.0404. The monoisotopic (exact) mass is 297 g/mol. The highest BCUT2D eigenvalue weighted by Crippen LogP contribution is 2.50. The molecule has 2 aliphatic rings. The molecule has 0 aromatic carbocycles. The molecule has 7 heteroatoms. The van der Waals surface area contributed by atoms with Crippen molar-refractivity contribution in [2.24, 2.45) is 5.41 Å². The summed E-state index contributed by atoms with van der Waals surface area (Å²) in [5.41, 5.74) is -0.0404. The number of ether oxygens (including phenoxy) is 2. The number of hydrogen-bond donors (Lipinski definition) is 1. The third-order valence-electron chi connectivity index (χ3n) is 4.96. The molecule has 1 aromatic heterocycles. The van der Waals surface area contributed by atoms with Crippen LogP contribution in [0.5, 0.6) is 0 Å². The predicted molar refractivity (Wildman–Crippen MR) is 73.4 cm³/mol. The molecule has 0 unspecified atom stereocenters. The van der Waals surface area contributed by atoms with Crippen LogP contribution in [0.15, 0.2) is 4.52 Å². The molecule has 1 spiro atoms. The number of likely N-dealkylation sites (tertiary alicyclic amines) is 1. The van der Waals surface area contributed by atoms with Gasteiger partial charge in [0.25, 0.3) is 0 Å². The highest BCUT2D eigenvalue weighted by Gasteiger charge is 2.55. The molecule has 0 amide bonds. The first-order chi connectivity index (χ1) is 10.2. The van der Waals surface area contributed by atoms with E-state index in [0.717, 1.165) is 32.4 Å². The van der Waals surface area contributed by atoms with Crippen molar-refractivity contribution in [1.29, 1.82) is 0 Å². The maximum atomic E-state index is 10.1. The Labute approximate surface area is 124 Å². The van der Waals surface area contributed by atoms with E-state index >= 15 is 0 Å². The van der Waals surface area contributed by atoms with Gasteiger partial charge in [-0.3, -0.25) is 4.90 Å². The molecule has 7 nitrogen and oxygen atoms in total. The lowest BCUT2D eigenvalue weighted by molar-refractivity contribution is -0.202. The fourth-order valence-electron chi connectivity index (χ4n) is 3.57. The Bertz CT molecular complexity index is 471. The number of piperidine rings is 1. The number of rotatable bonds is 5. The number of hydrogen-bond acceptors (Lipinski definition) is 7. The molecule has 1 aliphatic heterocycles. The van der Waals surface area contributed by atoms with Crippen LogP contribution in [-0.2, 0) is 22.6 Å². The SMILES string of the molecule is COCc1noc(CN2CCC3(CC2)[C@@H](O)C[C@H]3OC)n1. The van der Waals surface area contributed by atoms with E-state index in [9.17, 15) is 5.11 Å². The fourth-order valence-corrected chi connectivity index (χ4v) is 3.57. The summed E-state index contributed by atoms with van der Waals surface area (Å²) in [6.45, 7) is 2.85. The van der Waals surface area contributed by atoms with Crippen LogP contribution in [-0.4, -0.2) is 59.7 Å². The first-order valence-corrected chi connectivity index (χ1v) is 7.41. The van der Waals surface area contributed by atoms with Crippen molar-refractivity contribution in [1.82, 2.24) is 15.0 Å². The van der Waals surface area contributed by atoms with Gasteiger partial charge in [-0.2, -0.15) is 4.98 Å². The zero-order valence-corrected chi connectivity index (χ0v) is 12.6. The molecule has 0 radical (unpaired) electrons. The second-order valence-electron chi connectivity index (χ2n) is 6.02. The van der Waals surface area contributed by atoms with Gasteiger partial charge in [0.15, 0.2) is 5.82 Å². The van der Waals surface area contributed by atoms with Crippen LogP contribution in [0.4, 0.5) is 0 Å². The Hall–Kier alpha value is -1.02. The van der Waals surface area contributed by atoms with Gasteiger partial charge in [0.1, 0.15) is 6.61 Å². The molecular formula is C14H23N3O4. The number of methoxy groups -OCH3 is 2. The lowest BCUT2D eigenvalue weighted by Crippen LogP contribution is -2.61. The molecule has 1 aliphatic carbocycles. The van der Waals surface area contributed by atoms with Gasteiger partial charge < -0.3 is 19.1 Å². The van der Waals surface area contributed by atoms with Gasteiger partial charge in [-0.15, -0.1) is 0 Å². The smallest absolute Gasteiger partial charge is 0.240 e. The lowest BCUT2D eigenvalue weighted by Gasteiger charge is -2.56. The van der Waals surface area contributed by atoms with E-state index in [2.05, 4.69) is 15.0 Å². The van der Waals surface area contributed by atoms with E-state index in [1.165, 1.54) is 0 Å². The van der Waals surface area contributed by atoms with Gasteiger partial charge in [0.05, 0.1) is 18.8 Å². The van der Waals surface area contributed by atoms with Crippen LogP contribution in [0.1, 0.15) is 31.0 Å². The third kappa shape index (κ3) is 2.70. The molecule has 2 fully saturated rings. The molecule has 3 rings (SSSR count). The molecule has 0 bridgehead atoms. The Morgan fingerprint density at radius 2 is 2.14 bits per heavy atom. The van der Waals surface area contributed by atoms with Gasteiger partial charge in [0.2, 0.25) is 5.89 Å². The Balaban J connectivity index is 1.53. The molecule has 21 heavy (non-hydrogen) atoms. The van der Waals surface area contributed by atoms with E-state index in [-0.39, 0.29) is 17.6 Å². The molecule has 1 N–H and O–H groups in total. The van der Waals surface area contributed by atoms with E-state index < -0.39 is 0 Å². The average Bonchev–Trinajstić information content (AvgIpc) is 2.93. The molecule has 1 aromatic rings. The van der Waals surface area contributed by atoms with Crippen molar-refractivity contribution in [3.05, 3.63) is 11.7 Å². The van der Waals surface area contributed by atoms with Crippen LogP contribution >= 0.6 is 0 Å². The first kappa shape index (κ1) is 14.9. The van der Waals surface area contributed by atoms with E-state index in [1.807, 2.05) is 0 Å². The van der Waals surface area contributed by atoms with Crippen LogP contribution in [0.25, 0.3) is 0 Å². The van der Waals surface area contributed by atoms with Gasteiger partial charge in [-0.25, -0.2) is 0 Å². The second kappa shape index (κ2) is 6.00. The fraction of sp³-hybridized carbons (Fsp3) is 0.857. The number of aliphatic hydroxyl groups is 1. The zero-order valence-electron chi connectivity index (χ0n) is 12.6. The summed E-state index contributed by atoms with van der Waals surface area (Å²) in [4.78, 5) is 6.58. The van der Waals surface area contributed by atoms with E-state index in [1.54, 1.807) is 14.2 Å². The quantitative estimate of drug-likeness (QED) is 0.851. The van der Waals surface area contributed by atoms with Crippen molar-refractivity contribution in [2.45, 2.75) is 44.6 Å². The lowest BCUT2D eigenvalue weighted by atomic mass is 9.58. The highest BCUT2D eigenvalue weighted by atomic mass is 16.5. The molecule has 118 valence electrons. The summed E-state index contributed by atoms with van der Waals surface area (Å²) in [7, 11) is 3.34. The minimum Gasteiger partial charge on any atom is -0.392 e. The van der Waals surface area contributed by atoms with E-state index in [4.69, 9.17) is 14.0 Å². The molecule has 1 saturated heterocycles. The standard InChI is InChI=1S/C14H23N3O4/c1-19-9-12-15-13(21-16-12)8-17-5-3-14(4-6-17)10(18)7-11(14)20-2/h10-11,18H,3-9H2,1-2H3/t10-,11+/m0/s1. The Morgan fingerprint density at radius 3 is 2.76 bits per heavy atom. The summed E-state index contributed by atoms with van der Waals surface area (Å²) >= 11 is 0. The van der Waals surface area contributed by atoms with Gasteiger partial charge in [0, 0.05) is 26.1 Å². The van der Waals surface area contributed by atoms with Crippen molar-refractivity contribution in [2.75, 3.05) is 27.3 Å². The highest BCUT2D eigenvalue weighted by molar-refractivity contribution is 5.06. The average molecular weight is 297 g/mol. The van der Waals surface area contributed by atoms with Gasteiger partial charge in [-0.1, -0.05) is 5.16 Å². The van der Waals surface area contributed by atoms with E-state index in [0.29, 0.717) is 24.9 Å². The largest absolute Gasteiger partial charge is 0.392 e. The Kier molecular flexibility index (Phi) is 4.26. The van der Waals surface area contributed by atoms with Crippen LogP contribution < -0.4 is 0 Å². The van der Waals surface area contributed by atoms with Crippen LogP contribution in [0.2, 0.25) is 0 Å². The summed E-state index contributed by atoms with van der Waals surface area (Å²) in [6.07, 6.45) is 2.64. The van der Waals surface area contributed by atoms with Crippen molar-refractivity contribution < 1.29 is 19.1 Å². The number of aliphatic hydroxyl groups excluding tert-OH is 1. The number of nitrogens with zero attached hydrogens (tertiary/aromatic N) is 3. The Morgan fingerprint density at radius 1 is 1.38 bits per heavy atom. The molecule has 1 saturated carbocycles. The van der Waals surface area contributed by atoms with Gasteiger partial charge in [-0.05, 0) is 25.9 Å². The number of aromatic nitrogens is 2. The zero-order chi connectivity index (χ0) is 14.9. The van der Waals surface area contributed by atoms with Crippen molar-refractivity contribution in [3.8, 4) is 0 Å². The summed E-state index contributed by atoms with van der Waals surface area (Å²) in [6, 6.07) is 0. The first-order valence-electron chi connectivity index (χ1n) is 7.41. The van der Waals surface area contributed by atoms with Crippen molar-refractivity contribution in [3.63, 3.8) is 0 Å². The summed E-state index contributed by atoms with van der Waals surface area (Å²) < 4.78 is 15.7. The molecule has 2 atom stereocenters. The summed E-state index contributed by atoms with van der Waals surface area (Å²) in [5.74, 6) is 1.20.